The van der Waals surface area contributed by atoms with Gasteiger partial charge in [0, 0.05) is 12.5 Å². The van der Waals surface area contributed by atoms with Crippen LogP contribution in [0.2, 0.25) is 0 Å². The topological polar surface area (TPSA) is 68.4 Å². The van der Waals surface area contributed by atoms with Gasteiger partial charge in [0.25, 0.3) is 0 Å². The third-order valence-electron chi connectivity index (χ3n) is 2.22. The molecule has 0 radical (unpaired) electrons. The number of rotatable bonds is 4. The molecule has 2 heterocycles. The predicted molar refractivity (Wildman–Crippen MR) is 56.0 cm³/mol. The Morgan fingerprint density at radius 1 is 1.50 bits per heavy atom. The fraction of sp³-hybridized carbons (Fsp3) is 0.273. The van der Waals surface area contributed by atoms with Crippen LogP contribution in [0.5, 0.6) is 5.88 Å². The Hall–Kier alpha value is -1.88. The van der Waals surface area contributed by atoms with Crippen LogP contribution in [0.25, 0.3) is 0 Å². The summed E-state index contributed by atoms with van der Waals surface area (Å²) in [5.74, 6) is 0.441. The van der Waals surface area contributed by atoms with E-state index in [1.54, 1.807) is 18.6 Å². The first-order valence-corrected chi connectivity index (χ1v) is 4.84. The molecule has 2 aromatic rings. The molecule has 0 bridgehead atoms. The van der Waals surface area contributed by atoms with Gasteiger partial charge in [0.2, 0.25) is 5.88 Å². The van der Waals surface area contributed by atoms with Crippen molar-refractivity contribution in [3.63, 3.8) is 0 Å². The van der Waals surface area contributed by atoms with E-state index < -0.39 is 6.10 Å². The van der Waals surface area contributed by atoms with Crippen LogP contribution in [0.1, 0.15) is 17.4 Å². The molecule has 0 saturated heterocycles. The lowest BCUT2D eigenvalue weighted by atomic mass is 10.1. The van der Waals surface area contributed by atoms with Crippen molar-refractivity contribution in [3.05, 3.63) is 42.2 Å². The first kappa shape index (κ1) is 10.6. The fourth-order valence-electron chi connectivity index (χ4n) is 1.38. The second-order valence-corrected chi connectivity index (χ2v) is 3.34. The number of nitrogens with zero attached hydrogens (tertiary/aromatic N) is 2. The standard InChI is InChI=1S/C11H12N2O3/c1-15-11-5-9(12-7-13-11)10(14)4-8-2-3-16-6-8/h2-3,5-7,10,14H,4H2,1H3. The third-order valence-corrected chi connectivity index (χ3v) is 2.22. The van der Waals surface area contributed by atoms with Gasteiger partial charge in [-0.05, 0) is 11.6 Å². The molecule has 2 aromatic heterocycles. The number of aromatic nitrogens is 2. The maximum Gasteiger partial charge on any atom is 0.216 e. The lowest BCUT2D eigenvalue weighted by Crippen LogP contribution is -2.04. The highest BCUT2D eigenvalue weighted by Crippen LogP contribution is 2.18. The van der Waals surface area contributed by atoms with Crippen molar-refractivity contribution in [1.82, 2.24) is 9.97 Å². The minimum atomic E-state index is -0.686. The molecule has 2 rings (SSSR count). The van der Waals surface area contributed by atoms with E-state index in [4.69, 9.17) is 9.15 Å². The molecule has 0 aliphatic heterocycles. The first-order chi connectivity index (χ1) is 7.79. The molecule has 0 aliphatic carbocycles. The van der Waals surface area contributed by atoms with E-state index in [1.165, 1.54) is 13.4 Å². The quantitative estimate of drug-likeness (QED) is 0.842. The largest absolute Gasteiger partial charge is 0.481 e. The van der Waals surface area contributed by atoms with Crippen molar-refractivity contribution in [1.29, 1.82) is 0 Å². The van der Waals surface area contributed by atoms with Gasteiger partial charge in [-0.15, -0.1) is 0 Å². The molecular weight excluding hydrogens is 208 g/mol. The van der Waals surface area contributed by atoms with Crippen LogP contribution >= 0.6 is 0 Å². The first-order valence-electron chi connectivity index (χ1n) is 4.84. The van der Waals surface area contributed by atoms with Gasteiger partial charge >= 0.3 is 0 Å². The number of furan rings is 1. The minimum Gasteiger partial charge on any atom is -0.481 e. The zero-order valence-corrected chi connectivity index (χ0v) is 8.83. The molecule has 0 saturated carbocycles. The van der Waals surface area contributed by atoms with E-state index in [0.29, 0.717) is 18.0 Å². The van der Waals surface area contributed by atoms with Gasteiger partial charge in [0.1, 0.15) is 12.4 Å². The lowest BCUT2D eigenvalue weighted by molar-refractivity contribution is 0.172. The fourth-order valence-corrected chi connectivity index (χ4v) is 1.38. The van der Waals surface area contributed by atoms with Gasteiger partial charge in [-0.1, -0.05) is 0 Å². The highest BCUT2D eigenvalue weighted by molar-refractivity contribution is 5.18. The summed E-state index contributed by atoms with van der Waals surface area (Å²) in [6, 6.07) is 3.42. The van der Waals surface area contributed by atoms with Crippen molar-refractivity contribution < 1.29 is 14.3 Å². The Labute approximate surface area is 92.7 Å². The Morgan fingerprint density at radius 2 is 2.38 bits per heavy atom. The SMILES string of the molecule is COc1cc(C(O)Cc2ccoc2)ncn1. The third kappa shape index (κ3) is 2.38. The molecule has 0 aliphatic rings. The molecule has 84 valence electrons. The van der Waals surface area contributed by atoms with E-state index in [0.717, 1.165) is 5.56 Å². The van der Waals surface area contributed by atoms with E-state index in [1.807, 2.05) is 6.07 Å². The predicted octanol–water partition coefficient (Wildman–Crippen LogP) is 1.35. The summed E-state index contributed by atoms with van der Waals surface area (Å²) < 4.78 is 9.89. The number of aliphatic hydroxyl groups excluding tert-OH is 1. The molecule has 1 N–H and O–H groups in total. The van der Waals surface area contributed by atoms with Gasteiger partial charge in [0.15, 0.2) is 0 Å². The van der Waals surface area contributed by atoms with E-state index in [-0.39, 0.29) is 0 Å². The molecule has 0 aromatic carbocycles. The van der Waals surface area contributed by atoms with Crippen molar-refractivity contribution in [3.8, 4) is 5.88 Å². The van der Waals surface area contributed by atoms with Crippen LogP contribution in [0.3, 0.4) is 0 Å². The second-order valence-electron chi connectivity index (χ2n) is 3.34. The second kappa shape index (κ2) is 4.76. The minimum absolute atomic E-state index is 0.441. The Bertz CT molecular complexity index is 442. The molecular formula is C11H12N2O3. The summed E-state index contributed by atoms with van der Waals surface area (Å²) >= 11 is 0. The maximum absolute atomic E-state index is 9.92. The summed E-state index contributed by atoms with van der Waals surface area (Å²) in [6.07, 6.45) is 4.31. The van der Waals surface area contributed by atoms with Crippen molar-refractivity contribution >= 4 is 0 Å². The van der Waals surface area contributed by atoms with Gasteiger partial charge in [0.05, 0.1) is 25.3 Å². The zero-order chi connectivity index (χ0) is 11.4. The summed E-state index contributed by atoms with van der Waals surface area (Å²) in [4.78, 5) is 7.87. The van der Waals surface area contributed by atoms with Crippen LogP contribution in [0, 0.1) is 0 Å². The van der Waals surface area contributed by atoms with E-state index in [9.17, 15) is 5.11 Å². The zero-order valence-electron chi connectivity index (χ0n) is 8.83. The Morgan fingerprint density at radius 3 is 3.06 bits per heavy atom. The van der Waals surface area contributed by atoms with Gasteiger partial charge in [-0.3, -0.25) is 0 Å². The van der Waals surface area contributed by atoms with Crippen molar-refractivity contribution in [2.45, 2.75) is 12.5 Å². The summed E-state index contributed by atoms with van der Waals surface area (Å²) in [5, 5.41) is 9.92. The molecule has 5 nitrogen and oxygen atoms in total. The molecule has 0 amide bonds. The monoisotopic (exact) mass is 220 g/mol. The summed E-state index contributed by atoms with van der Waals surface area (Å²) in [5.41, 5.74) is 1.46. The van der Waals surface area contributed by atoms with Gasteiger partial charge in [-0.25, -0.2) is 9.97 Å². The van der Waals surface area contributed by atoms with Crippen molar-refractivity contribution in [2.75, 3.05) is 7.11 Å². The van der Waals surface area contributed by atoms with Crippen molar-refractivity contribution in [2.24, 2.45) is 0 Å². The molecule has 5 heteroatoms. The van der Waals surface area contributed by atoms with Crippen LogP contribution in [0.15, 0.2) is 35.4 Å². The van der Waals surface area contributed by atoms with Crippen LogP contribution in [-0.2, 0) is 6.42 Å². The number of methoxy groups -OCH3 is 1. The van der Waals surface area contributed by atoms with Crippen LogP contribution in [0.4, 0.5) is 0 Å². The smallest absolute Gasteiger partial charge is 0.216 e. The van der Waals surface area contributed by atoms with E-state index >= 15 is 0 Å². The normalized spacial score (nSPS) is 12.4. The van der Waals surface area contributed by atoms with Crippen LogP contribution in [-0.4, -0.2) is 22.2 Å². The lowest BCUT2D eigenvalue weighted by Gasteiger charge is -2.08. The molecule has 0 fully saturated rings. The van der Waals surface area contributed by atoms with Gasteiger partial charge < -0.3 is 14.3 Å². The average molecular weight is 220 g/mol. The summed E-state index contributed by atoms with van der Waals surface area (Å²) in [6.45, 7) is 0. The maximum atomic E-state index is 9.92. The number of ether oxygens (including phenoxy) is 1. The summed E-state index contributed by atoms with van der Waals surface area (Å²) in [7, 11) is 1.52. The highest BCUT2D eigenvalue weighted by atomic mass is 16.5. The molecule has 1 unspecified atom stereocenters. The number of hydrogen-bond donors (Lipinski definition) is 1. The Kier molecular flexibility index (Phi) is 3.16. The number of hydrogen-bond acceptors (Lipinski definition) is 5. The molecule has 1 atom stereocenters. The van der Waals surface area contributed by atoms with Crippen LogP contribution < -0.4 is 4.74 Å². The highest BCUT2D eigenvalue weighted by Gasteiger charge is 2.12. The van der Waals surface area contributed by atoms with Gasteiger partial charge in [-0.2, -0.15) is 0 Å². The average Bonchev–Trinajstić information content (AvgIpc) is 2.82. The molecule has 16 heavy (non-hydrogen) atoms. The van der Waals surface area contributed by atoms with E-state index in [2.05, 4.69) is 9.97 Å². The number of aliphatic hydroxyl groups is 1. The Balaban J connectivity index is 2.11. The molecule has 0 spiro atoms.